The summed E-state index contributed by atoms with van der Waals surface area (Å²) in [6, 6.07) is 0. The van der Waals surface area contributed by atoms with Crippen LogP contribution in [0.3, 0.4) is 0 Å². The van der Waals surface area contributed by atoms with Crippen molar-refractivity contribution in [2.45, 2.75) is 33.6 Å². The first-order valence-corrected chi connectivity index (χ1v) is 8.10. The van der Waals surface area contributed by atoms with Crippen LogP contribution in [0.25, 0.3) is 10.2 Å². The number of aromatic amines is 1. The smallest absolute Gasteiger partial charge is 0.261 e. The average molecular weight is 317 g/mol. The minimum atomic E-state index is -0.392. The van der Waals surface area contributed by atoms with E-state index in [-0.39, 0.29) is 11.0 Å². The Morgan fingerprint density at radius 1 is 1.36 bits per heavy atom. The second-order valence-electron chi connectivity index (χ2n) is 4.60. The number of nitrogens with zero attached hydrogens (tertiary/aromatic N) is 1. The highest BCUT2D eigenvalue weighted by molar-refractivity contribution is 7.12. The number of fused-ring (bicyclic) bond motifs is 1. The van der Waals surface area contributed by atoms with Gasteiger partial charge in [-0.25, -0.2) is 0 Å². The third-order valence-electron chi connectivity index (χ3n) is 3.18. The lowest BCUT2D eigenvalue weighted by Crippen LogP contribution is -2.28. The van der Waals surface area contributed by atoms with E-state index >= 15 is 0 Å². The van der Waals surface area contributed by atoms with Crippen molar-refractivity contribution in [2.75, 3.05) is 0 Å². The van der Waals surface area contributed by atoms with Gasteiger partial charge in [0.05, 0.1) is 11.1 Å². The molecular formula is C16H19N3O2S. The van der Waals surface area contributed by atoms with E-state index in [1.54, 1.807) is 6.92 Å². The first-order valence-electron chi connectivity index (χ1n) is 7.32. The van der Waals surface area contributed by atoms with E-state index in [0.717, 1.165) is 18.5 Å². The van der Waals surface area contributed by atoms with Crippen LogP contribution in [0.5, 0.6) is 0 Å². The van der Waals surface area contributed by atoms with Crippen LogP contribution in [0, 0.1) is 6.92 Å². The Balaban J connectivity index is 0.000000847. The van der Waals surface area contributed by atoms with Gasteiger partial charge in [0, 0.05) is 11.9 Å². The Hall–Kier alpha value is -2.21. The van der Waals surface area contributed by atoms with Crippen molar-refractivity contribution < 1.29 is 4.79 Å². The average Bonchev–Trinajstić information content (AvgIpc) is 2.92. The normalized spacial score (nSPS) is 13.3. The molecule has 0 radical (unpaired) electrons. The van der Waals surface area contributed by atoms with E-state index in [1.807, 2.05) is 32.1 Å². The summed E-state index contributed by atoms with van der Waals surface area (Å²) in [5.74, 6) is -0.392. The van der Waals surface area contributed by atoms with Gasteiger partial charge in [-0.15, -0.1) is 0 Å². The summed E-state index contributed by atoms with van der Waals surface area (Å²) >= 11 is 1.22. The number of aryl methyl sites for hydroxylation is 1. The standard InChI is InChI=1S/C14H13N3O2S.C2H6/c1-8-11-12(18)10(7-15-14(11)20-17-8)13(19)16-9-5-3-2-4-6-9;1-2/h3,5-7H,2,4H2,1H3,(H,15,18)(H,16,19);1-2H3. The van der Waals surface area contributed by atoms with Crippen LogP contribution in [0.1, 0.15) is 42.7 Å². The molecule has 22 heavy (non-hydrogen) atoms. The third-order valence-corrected chi connectivity index (χ3v) is 4.05. The molecule has 2 aromatic heterocycles. The van der Waals surface area contributed by atoms with Crippen molar-refractivity contribution in [3.8, 4) is 0 Å². The maximum absolute atomic E-state index is 12.3. The summed E-state index contributed by atoms with van der Waals surface area (Å²) in [4.78, 5) is 28.2. The Morgan fingerprint density at radius 3 is 2.82 bits per heavy atom. The van der Waals surface area contributed by atoms with Gasteiger partial charge in [0.1, 0.15) is 10.4 Å². The van der Waals surface area contributed by atoms with Crippen LogP contribution in [-0.4, -0.2) is 15.3 Å². The molecule has 2 aromatic rings. The highest BCUT2D eigenvalue weighted by Gasteiger charge is 2.16. The number of nitrogens with one attached hydrogen (secondary N) is 2. The first kappa shape index (κ1) is 16.2. The first-order chi connectivity index (χ1) is 10.7. The number of allylic oxidation sites excluding steroid dienone is 3. The Bertz CT molecular complexity index is 799. The molecule has 0 aliphatic heterocycles. The van der Waals surface area contributed by atoms with Crippen LogP contribution in [0.4, 0.5) is 0 Å². The molecule has 0 fully saturated rings. The second kappa shape index (κ2) is 7.17. The van der Waals surface area contributed by atoms with Gasteiger partial charge in [-0.2, -0.15) is 4.37 Å². The van der Waals surface area contributed by atoms with E-state index in [9.17, 15) is 9.59 Å². The van der Waals surface area contributed by atoms with Gasteiger partial charge in [0.15, 0.2) is 0 Å². The zero-order chi connectivity index (χ0) is 16.1. The van der Waals surface area contributed by atoms with Crippen LogP contribution in [0.2, 0.25) is 0 Å². The van der Waals surface area contributed by atoms with Crippen molar-refractivity contribution in [1.82, 2.24) is 14.7 Å². The van der Waals surface area contributed by atoms with Crippen LogP contribution >= 0.6 is 11.5 Å². The Labute approximate surface area is 132 Å². The zero-order valence-corrected chi connectivity index (χ0v) is 13.7. The lowest BCUT2D eigenvalue weighted by molar-refractivity contribution is 0.0966. The quantitative estimate of drug-likeness (QED) is 0.892. The number of pyridine rings is 1. The molecular weight excluding hydrogens is 298 g/mol. The molecule has 1 amide bonds. The van der Waals surface area contributed by atoms with Gasteiger partial charge < -0.3 is 10.3 Å². The zero-order valence-electron chi connectivity index (χ0n) is 12.9. The molecule has 0 saturated carbocycles. The molecule has 0 unspecified atom stereocenters. The summed E-state index contributed by atoms with van der Waals surface area (Å²) in [7, 11) is 0. The van der Waals surface area contributed by atoms with Crippen molar-refractivity contribution in [3.05, 3.63) is 51.6 Å². The molecule has 0 spiro atoms. The van der Waals surface area contributed by atoms with Gasteiger partial charge in [0.25, 0.3) is 5.91 Å². The molecule has 116 valence electrons. The van der Waals surface area contributed by atoms with E-state index in [0.29, 0.717) is 15.9 Å². The van der Waals surface area contributed by atoms with Crippen LogP contribution in [0.15, 0.2) is 34.9 Å². The molecule has 0 aromatic carbocycles. The van der Waals surface area contributed by atoms with Crippen molar-refractivity contribution in [3.63, 3.8) is 0 Å². The summed E-state index contributed by atoms with van der Waals surface area (Å²) < 4.78 is 4.13. The van der Waals surface area contributed by atoms with Gasteiger partial charge in [0.2, 0.25) is 5.43 Å². The molecule has 1 aliphatic carbocycles. The summed E-state index contributed by atoms with van der Waals surface area (Å²) in [5.41, 5.74) is 1.22. The number of rotatable bonds is 2. The topological polar surface area (TPSA) is 74.8 Å². The number of amides is 1. The monoisotopic (exact) mass is 317 g/mol. The van der Waals surface area contributed by atoms with Gasteiger partial charge in [-0.05, 0) is 37.4 Å². The minimum absolute atomic E-state index is 0.112. The lowest BCUT2D eigenvalue weighted by Gasteiger charge is -2.08. The lowest BCUT2D eigenvalue weighted by atomic mass is 10.1. The highest BCUT2D eigenvalue weighted by Crippen LogP contribution is 2.16. The molecule has 5 nitrogen and oxygen atoms in total. The number of hydrogen-bond donors (Lipinski definition) is 2. The van der Waals surface area contributed by atoms with E-state index in [2.05, 4.69) is 14.7 Å². The summed E-state index contributed by atoms with van der Waals surface area (Å²) in [6.45, 7) is 5.77. The van der Waals surface area contributed by atoms with Crippen LogP contribution < -0.4 is 10.7 Å². The van der Waals surface area contributed by atoms with Crippen molar-refractivity contribution in [2.24, 2.45) is 0 Å². The van der Waals surface area contributed by atoms with Crippen molar-refractivity contribution in [1.29, 1.82) is 0 Å². The minimum Gasteiger partial charge on any atom is -0.351 e. The molecule has 0 atom stereocenters. The molecule has 2 heterocycles. The maximum Gasteiger partial charge on any atom is 0.261 e. The fourth-order valence-electron chi connectivity index (χ4n) is 2.15. The number of H-pyrrole nitrogens is 1. The largest absolute Gasteiger partial charge is 0.351 e. The van der Waals surface area contributed by atoms with E-state index in [1.165, 1.54) is 17.7 Å². The summed E-state index contributed by atoms with van der Waals surface area (Å²) in [6.07, 6.45) is 9.12. The van der Waals surface area contributed by atoms with E-state index < -0.39 is 5.91 Å². The van der Waals surface area contributed by atoms with Gasteiger partial charge in [-0.1, -0.05) is 26.0 Å². The molecule has 1 aliphatic rings. The Morgan fingerprint density at radius 2 is 2.14 bits per heavy atom. The number of carbonyl (C=O) groups is 1. The fraction of sp³-hybridized carbons (Fsp3) is 0.312. The predicted octanol–water partition coefficient (Wildman–Crippen LogP) is 3.28. The molecule has 0 saturated heterocycles. The molecule has 0 bridgehead atoms. The second-order valence-corrected chi connectivity index (χ2v) is 5.37. The summed E-state index contributed by atoms with van der Waals surface area (Å²) in [5, 5.41) is 3.25. The maximum atomic E-state index is 12.3. The van der Waals surface area contributed by atoms with E-state index in [4.69, 9.17) is 0 Å². The number of carbonyl (C=O) groups excluding carboxylic acids is 1. The van der Waals surface area contributed by atoms with Crippen molar-refractivity contribution >= 4 is 27.7 Å². The Kier molecular flexibility index (Phi) is 5.27. The number of hydrogen-bond acceptors (Lipinski definition) is 4. The van der Waals surface area contributed by atoms with Gasteiger partial charge in [-0.3, -0.25) is 9.59 Å². The number of aromatic nitrogens is 2. The molecule has 3 rings (SSSR count). The highest BCUT2D eigenvalue weighted by atomic mass is 32.1. The molecule has 6 heteroatoms. The molecule has 2 N–H and O–H groups in total. The van der Waals surface area contributed by atoms with Crippen LogP contribution in [-0.2, 0) is 0 Å². The fourth-order valence-corrected chi connectivity index (χ4v) is 2.91. The SMILES string of the molecule is CC.Cc1nsc2[nH]cc(C(=O)NC3=CCCC=C3)c(=O)c12. The third kappa shape index (κ3) is 3.17. The predicted molar refractivity (Wildman–Crippen MR) is 90.2 cm³/mol. The van der Waals surface area contributed by atoms with Gasteiger partial charge >= 0.3 is 0 Å².